The van der Waals surface area contributed by atoms with Gasteiger partial charge in [-0.3, -0.25) is 10.2 Å². The van der Waals surface area contributed by atoms with E-state index in [1.54, 1.807) is 6.07 Å². The number of carbonyl (C=O) groups is 1. The van der Waals surface area contributed by atoms with E-state index < -0.39 is 6.09 Å². The standard InChI is InChI=1S/C10H14N2O2.C7H15NO.3CH4.Y/c1-7(2)8-5-4-6-9(11-8)12-10(13)14-3;1-7(2)8-3-5-9-6-4-8;;;;/h4-7H,1-3H3,(H,11,12,13);7H,3-6H2,1-2H3;3*1H4;. The summed E-state index contributed by atoms with van der Waals surface area (Å²) >= 11 is 0. The Hall–Kier alpha value is -0.556. The summed E-state index contributed by atoms with van der Waals surface area (Å²) in [5.74, 6) is 0.859. The molecule has 1 radical (unpaired) electrons. The number of amides is 1. The van der Waals surface area contributed by atoms with Gasteiger partial charge in [0.05, 0.1) is 20.3 Å². The minimum atomic E-state index is -0.501. The Balaban J connectivity index is -0.000000181. The Bertz CT molecular complexity index is 479. The van der Waals surface area contributed by atoms with Crippen LogP contribution in [-0.4, -0.2) is 55.4 Å². The summed E-state index contributed by atoms with van der Waals surface area (Å²) < 4.78 is 9.67. The largest absolute Gasteiger partial charge is 0.453 e. The van der Waals surface area contributed by atoms with Crippen LogP contribution in [0.4, 0.5) is 10.6 Å². The van der Waals surface area contributed by atoms with E-state index in [-0.39, 0.29) is 55.0 Å². The number of rotatable bonds is 3. The molecule has 157 valence electrons. The van der Waals surface area contributed by atoms with Crippen molar-refractivity contribution in [1.29, 1.82) is 0 Å². The van der Waals surface area contributed by atoms with E-state index in [0.29, 0.717) is 17.8 Å². The molecule has 0 saturated carbocycles. The number of hydrogen-bond acceptors (Lipinski definition) is 5. The number of hydrogen-bond donors (Lipinski definition) is 1. The van der Waals surface area contributed by atoms with Gasteiger partial charge in [0.15, 0.2) is 0 Å². The predicted molar refractivity (Wildman–Crippen MR) is 112 cm³/mol. The molecule has 1 aromatic heterocycles. The summed E-state index contributed by atoms with van der Waals surface area (Å²) in [4.78, 5) is 17.6. The van der Waals surface area contributed by atoms with Gasteiger partial charge in [0, 0.05) is 57.5 Å². The second-order valence-corrected chi connectivity index (χ2v) is 5.96. The molecular weight excluding hydrogens is 419 g/mol. The number of ether oxygens (including phenoxy) is 2. The van der Waals surface area contributed by atoms with Crippen LogP contribution in [0.2, 0.25) is 0 Å². The van der Waals surface area contributed by atoms with Crippen molar-refractivity contribution in [2.24, 2.45) is 0 Å². The van der Waals surface area contributed by atoms with Gasteiger partial charge in [-0.05, 0) is 31.9 Å². The van der Waals surface area contributed by atoms with Gasteiger partial charge >= 0.3 is 6.09 Å². The quantitative estimate of drug-likeness (QED) is 0.687. The molecule has 1 amide bonds. The maximum atomic E-state index is 10.9. The normalized spacial score (nSPS) is 12.9. The minimum Gasteiger partial charge on any atom is -0.453 e. The zero-order valence-electron chi connectivity index (χ0n) is 15.4. The van der Waals surface area contributed by atoms with Crippen LogP contribution in [0.3, 0.4) is 0 Å². The van der Waals surface area contributed by atoms with Gasteiger partial charge in [0.25, 0.3) is 0 Å². The topological polar surface area (TPSA) is 63.7 Å². The number of nitrogens with zero attached hydrogens (tertiary/aromatic N) is 2. The number of aromatic nitrogens is 1. The number of pyridine rings is 1. The van der Waals surface area contributed by atoms with Crippen LogP contribution in [0.15, 0.2) is 18.2 Å². The van der Waals surface area contributed by atoms with Crippen molar-refractivity contribution >= 4 is 11.9 Å². The zero-order chi connectivity index (χ0) is 17.2. The zero-order valence-corrected chi connectivity index (χ0v) is 18.3. The minimum absolute atomic E-state index is 0. The molecule has 0 aromatic carbocycles. The third-order valence-corrected chi connectivity index (χ3v) is 3.55. The fourth-order valence-electron chi connectivity index (χ4n) is 2.09. The molecule has 7 heteroatoms. The molecular formula is C20H41N3O3Y. The van der Waals surface area contributed by atoms with E-state index in [2.05, 4.69) is 33.8 Å². The van der Waals surface area contributed by atoms with Crippen LogP contribution in [0.1, 0.15) is 61.6 Å². The van der Waals surface area contributed by atoms with Gasteiger partial charge in [-0.15, -0.1) is 0 Å². The monoisotopic (exact) mass is 460 g/mol. The first kappa shape index (κ1) is 34.0. The molecule has 1 aliphatic heterocycles. The number of anilines is 1. The first-order valence-electron chi connectivity index (χ1n) is 8.07. The van der Waals surface area contributed by atoms with Gasteiger partial charge in [-0.25, -0.2) is 9.78 Å². The third kappa shape index (κ3) is 14.1. The predicted octanol–water partition coefficient (Wildman–Crippen LogP) is 5.02. The average Bonchev–Trinajstić information content (AvgIpc) is 2.56. The maximum absolute atomic E-state index is 10.9. The summed E-state index contributed by atoms with van der Waals surface area (Å²) in [5.41, 5.74) is 0.943. The molecule has 1 saturated heterocycles. The molecule has 6 nitrogen and oxygen atoms in total. The smallest absolute Gasteiger partial charge is 0.412 e. The SMILES string of the molecule is C.C.C.CC(C)N1CCOCC1.COC(=O)Nc1cccc(C(C)C)n1.[Y]. The Kier molecular flexibility index (Phi) is 23.7. The Labute approximate surface area is 192 Å². The molecule has 0 spiro atoms. The summed E-state index contributed by atoms with van der Waals surface area (Å²) in [6, 6.07) is 6.19. The van der Waals surface area contributed by atoms with E-state index in [1.807, 2.05) is 26.0 Å². The van der Waals surface area contributed by atoms with Gasteiger partial charge in [-0.1, -0.05) is 42.2 Å². The van der Waals surface area contributed by atoms with Crippen molar-refractivity contribution in [3.8, 4) is 0 Å². The van der Waals surface area contributed by atoms with Crippen LogP contribution < -0.4 is 5.32 Å². The van der Waals surface area contributed by atoms with Crippen molar-refractivity contribution in [1.82, 2.24) is 9.88 Å². The molecule has 2 rings (SSSR count). The van der Waals surface area contributed by atoms with Crippen molar-refractivity contribution in [2.45, 2.75) is 61.9 Å². The number of methoxy groups -OCH3 is 1. The van der Waals surface area contributed by atoms with Gasteiger partial charge in [0.2, 0.25) is 0 Å². The fourth-order valence-corrected chi connectivity index (χ4v) is 2.09. The van der Waals surface area contributed by atoms with Crippen LogP contribution in [-0.2, 0) is 42.2 Å². The molecule has 2 heterocycles. The van der Waals surface area contributed by atoms with E-state index in [4.69, 9.17) is 4.74 Å². The third-order valence-electron chi connectivity index (χ3n) is 3.55. The molecule has 27 heavy (non-hydrogen) atoms. The molecule has 0 aliphatic carbocycles. The summed E-state index contributed by atoms with van der Waals surface area (Å²) in [6.45, 7) is 12.6. The second-order valence-electron chi connectivity index (χ2n) is 5.96. The van der Waals surface area contributed by atoms with Crippen LogP contribution in [0.5, 0.6) is 0 Å². The second kappa shape index (κ2) is 18.8. The van der Waals surface area contributed by atoms with Crippen molar-refractivity contribution in [3.05, 3.63) is 23.9 Å². The molecule has 1 N–H and O–H groups in total. The van der Waals surface area contributed by atoms with E-state index in [0.717, 1.165) is 32.0 Å². The maximum Gasteiger partial charge on any atom is 0.412 e. The molecule has 1 aromatic rings. The molecule has 1 fully saturated rings. The van der Waals surface area contributed by atoms with Gasteiger partial charge in [-0.2, -0.15) is 0 Å². The van der Waals surface area contributed by atoms with Crippen molar-refractivity contribution in [3.63, 3.8) is 0 Å². The molecule has 0 bridgehead atoms. The van der Waals surface area contributed by atoms with Crippen LogP contribution in [0.25, 0.3) is 0 Å². The first-order chi connectivity index (χ1) is 10.9. The van der Waals surface area contributed by atoms with Crippen molar-refractivity contribution < 1.29 is 47.0 Å². The van der Waals surface area contributed by atoms with Crippen LogP contribution in [0, 0.1) is 0 Å². The van der Waals surface area contributed by atoms with Crippen LogP contribution >= 0.6 is 0 Å². The number of morpholine rings is 1. The van der Waals surface area contributed by atoms with E-state index in [1.165, 1.54) is 7.11 Å². The van der Waals surface area contributed by atoms with Crippen molar-refractivity contribution in [2.75, 3.05) is 38.7 Å². The Morgan fingerprint density at radius 3 is 2.11 bits per heavy atom. The Morgan fingerprint density at radius 1 is 1.15 bits per heavy atom. The number of carbonyl (C=O) groups excluding carboxylic acids is 1. The molecule has 1 aliphatic rings. The van der Waals surface area contributed by atoms with Gasteiger partial charge < -0.3 is 9.47 Å². The van der Waals surface area contributed by atoms with E-state index >= 15 is 0 Å². The molecule has 0 unspecified atom stereocenters. The van der Waals surface area contributed by atoms with Gasteiger partial charge in [0.1, 0.15) is 5.82 Å². The Morgan fingerprint density at radius 2 is 1.70 bits per heavy atom. The first-order valence-corrected chi connectivity index (χ1v) is 8.07. The molecule has 0 atom stereocenters. The fraction of sp³-hybridized carbons (Fsp3) is 0.700. The summed E-state index contributed by atoms with van der Waals surface area (Å²) in [5, 5.41) is 2.51. The summed E-state index contributed by atoms with van der Waals surface area (Å²) in [6.07, 6.45) is -0.501. The number of nitrogens with one attached hydrogen (secondary N) is 1. The average molecular weight is 460 g/mol. The van der Waals surface area contributed by atoms with E-state index in [9.17, 15) is 4.79 Å². The summed E-state index contributed by atoms with van der Waals surface area (Å²) in [7, 11) is 1.32.